The number of halogens is 2. The van der Waals surface area contributed by atoms with Crippen molar-refractivity contribution < 1.29 is 9.53 Å². The highest BCUT2D eigenvalue weighted by Gasteiger charge is 2.12. The Labute approximate surface area is 135 Å². The van der Waals surface area contributed by atoms with Gasteiger partial charge in [-0.1, -0.05) is 11.6 Å². The lowest BCUT2D eigenvalue weighted by atomic mass is 10.3. The summed E-state index contributed by atoms with van der Waals surface area (Å²) in [5, 5.41) is 3.30. The first-order chi connectivity index (χ1) is 9.51. The van der Waals surface area contributed by atoms with E-state index in [0.29, 0.717) is 27.9 Å². The number of carbonyl (C=O) groups is 1. The lowest BCUT2D eigenvalue weighted by Crippen LogP contribution is -2.10. The van der Waals surface area contributed by atoms with Crippen molar-refractivity contribution in [2.24, 2.45) is 0 Å². The maximum Gasteiger partial charge on any atom is 0.265 e. The predicted octanol–water partition coefficient (Wildman–Crippen LogP) is 5.12. The minimum absolute atomic E-state index is 0.149. The molecule has 106 valence electrons. The quantitative estimate of drug-likeness (QED) is 0.806. The minimum Gasteiger partial charge on any atom is -0.492 e. The molecule has 2 aromatic rings. The number of thiophene rings is 1. The van der Waals surface area contributed by atoms with Crippen molar-refractivity contribution in [1.29, 1.82) is 0 Å². The van der Waals surface area contributed by atoms with Crippen LogP contribution >= 0.6 is 38.9 Å². The van der Waals surface area contributed by atoms with E-state index in [1.807, 2.05) is 19.9 Å². The molecule has 1 aromatic carbocycles. The number of benzene rings is 1. The van der Waals surface area contributed by atoms with Crippen molar-refractivity contribution in [3.05, 3.63) is 43.5 Å². The Morgan fingerprint density at radius 1 is 1.45 bits per heavy atom. The summed E-state index contributed by atoms with van der Waals surface area (Å²) in [4.78, 5) is 12.8. The van der Waals surface area contributed by atoms with E-state index in [9.17, 15) is 4.79 Å². The minimum atomic E-state index is -0.149. The number of anilines is 1. The zero-order chi connectivity index (χ0) is 14.7. The molecule has 0 aliphatic rings. The second-order valence-electron chi connectivity index (χ2n) is 4.10. The fourth-order valence-electron chi connectivity index (χ4n) is 1.62. The summed E-state index contributed by atoms with van der Waals surface area (Å²) < 4.78 is 6.32. The van der Waals surface area contributed by atoms with Gasteiger partial charge in [-0.15, -0.1) is 11.3 Å². The van der Waals surface area contributed by atoms with E-state index < -0.39 is 0 Å². The fourth-order valence-corrected chi connectivity index (χ4v) is 3.28. The zero-order valence-electron chi connectivity index (χ0n) is 11.0. The van der Waals surface area contributed by atoms with Crippen molar-refractivity contribution in [2.75, 3.05) is 11.9 Å². The number of aryl methyl sites for hydroxylation is 1. The van der Waals surface area contributed by atoms with Gasteiger partial charge in [-0.05, 0) is 59.6 Å². The van der Waals surface area contributed by atoms with Gasteiger partial charge in [0.15, 0.2) is 0 Å². The molecule has 0 aliphatic carbocycles. The van der Waals surface area contributed by atoms with Gasteiger partial charge in [0.05, 0.1) is 20.3 Å². The summed E-state index contributed by atoms with van der Waals surface area (Å²) >= 11 is 10.9. The molecule has 0 aliphatic heterocycles. The Kier molecular flexibility index (Phi) is 5.07. The Balaban J connectivity index is 2.13. The lowest BCUT2D eigenvalue weighted by Gasteiger charge is -2.08. The van der Waals surface area contributed by atoms with Crippen LogP contribution in [0.5, 0.6) is 5.75 Å². The van der Waals surface area contributed by atoms with E-state index in [1.165, 1.54) is 11.3 Å². The maximum absolute atomic E-state index is 12.1. The molecule has 1 amide bonds. The first-order valence-corrected chi connectivity index (χ1v) is 7.99. The molecule has 0 saturated carbocycles. The van der Waals surface area contributed by atoms with Gasteiger partial charge >= 0.3 is 0 Å². The van der Waals surface area contributed by atoms with Crippen LogP contribution in [0.2, 0.25) is 5.02 Å². The molecule has 0 bridgehead atoms. The van der Waals surface area contributed by atoms with Crippen LogP contribution in [0, 0.1) is 6.92 Å². The van der Waals surface area contributed by atoms with Crippen molar-refractivity contribution in [3.8, 4) is 5.75 Å². The third-order valence-corrected chi connectivity index (χ3v) is 5.00. The van der Waals surface area contributed by atoms with Crippen LogP contribution in [-0.4, -0.2) is 12.5 Å². The van der Waals surface area contributed by atoms with E-state index in [1.54, 1.807) is 18.2 Å². The summed E-state index contributed by atoms with van der Waals surface area (Å²) in [6, 6.07) is 7.04. The molecule has 0 unspecified atom stereocenters. The number of nitrogens with one attached hydrogen (secondary N) is 1. The van der Waals surface area contributed by atoms with E-state index in [-0.39, 0.29) is 5.91 Å². The van der Waals surface area contributed by atoms with Gasteiger partial charge in [-0.25, -0.2) is 0 Å². The molecule has 0 atom stereocenters. The molecule has 1 aromatic heterocycles. The topological polar surface area (TPSA) is 38.3 Å². The third kappa shape index (κ3) is 3.53. The van der Waals surface area contributed by atoms with Gasteiger partial charge in [-0.2, -0.15) is 0 Å². The Hall–Kier alpha value is -1.04. The molecule has 1 N–H and O–H groups in total. The van der Waals surface area contributed by atoms with Gasteiger partial charge in [-0.3, -0.25) is 4.79 Å². The first-order valence-electron chi connectivity index (χ1n) is 6.01. The average Bonchev–Trinajstić information content (AvgIpc) is 2.73. The molecule has 20 heavy (non-hydrogen) atoms. The molecule has 0 radical (unpaired) electrons. The van der Waals surface area contributed by atoms with Gasteiger partial charge in [0.1, 0.15) is 5.75 Å². The smallest absolute Gasteiger partial charge is 0.265 e. The van der Waals surface area contributed by atoms with Crippen molar-refractivity contribution in [3.63, 3.8) is 0 Å². The number of carbonyl (C=O) groups excluding carboxylic acids is 1. The molecule has 0 fully saturated rings. The van der Waals surface area contributed by atoms with Crippen molar-refractivity contribution in [2.45, 2.75) is 13.8 Å². The highest BCUT2D eigenvalue weighted by Crippen LogP contribution is 2.30. The fraction of sp³-hybridized carbons (Fsp3) is 0.214. The summed E-state index contributed by atoms with van der Waals surface area (Å²) in [5.74, 6) is 0.464. The van der Waals surface area contributed by atoms with Crippen LogP contribution in [0.15, 0.2) is 28.1 Å². The third-order valence-electron chi connectivity index (χ3n) is 2.57. The highest BCUT2D eigenvalue weighted by molar-refractivity contribution is 9.11. The molecule has 0 spiro atoms. The molecule has 3 nitrogen and oxygen atoms in total. The summed E-state index contributed by atoms with van der Waals surface area (Å²) in [7, 11) is 0. The standard InChI is InChI=1S/C14H13BrClNO2S/c1-3-19-11-5-4-9(7-10(11)16)17-14(18)12-6-8(2)13(15)20-12/h4-7H,3H2,1-2H3,(H,17,18). The van der Waals surface area contributed by atoms with Gasteiger partial charge in [0, 0.05) is 5.69 Å². The van der Waals surface area contributed by atoms with Crippen LogP contribution in [0.1, 0.15) is 22.2 Å². The normalized spacial score (nSPS) is 10.4. The SMILES string of the molecule is CCOc1ccc(NC(=O)c2cc(C)c(Br)s2)cc1Cl. The second kappa shape index (κ2) is 6.61. The Morgan fingerprint density at radius 3 is 2.75 bits per heavy atom. The summed E-state index contributed by atoms with van der Waals surface area (Å²) in [6.45, 7) is 4.39. The first kappa shape index (κ1) is 15.4. The largest absolute Gasteiger partial charge is 0.492 e. The van der Waals surface area contributed by atoms with E-state index in [2.05, 4.69) is 21.2 Å². The molecule has 2 rings (SSSR count). The zero-order valence-corrected chi connectivity index (χ0v) is 14.2. The van der Waals surface area contributed by atoms with Crippen LogP contribution in [0.25, 0.3) is 0 Å². The lowest BCUT2D eigenvalue weighted by molar-refractivity contribution is 0.103. The summed E-state index contributed by atoms with van der Waals surface area (Å²) in [6.07, 6.45) is 0. The predicted molar refractivity (Wildman–Crippen MR) is 87.3 cm³/mol. The van der Waals surface area contributed by atoms with Crippen LogP contribution in [-0.2, 0) is 0 Å². The van der Waals surface area contributed by atoms with E-state index in [4.69, 9.17) is 16.3 Å². The van der Waals surface area contributed by atoms with Crippen LogP contribution in [0.3, 0.4) is 0 Å². The van der Waals surface area contributed by atoms with E-state index >= 15 is 0 Å². The molecule has 6 heteroatoms. The Bertz CT molecular complexity index is 623. The van der Waals surface area contributed by atoms with Crippen molar-refractivity contribution in [1.82, 2.24) is 0 Å². The van der Waals surface area contributed by atoms with E-state index in [0.717, 1.165) is 9.35 Å². The highest BCUT2D eigenvalue weighted by atomic mass is 79.9. The number of amides is 1. The molecule has 0 saturated heterocycles. The summed E-state index contributed by atoms with van der Waals surface area (Å²) in [5.41, 5.74) is 1.69. The monoisotopic (exact) mass is 373 g/mol. The maximum atomic E-state index is 12.1. The van der Waals surface area contributed by atoms with Crippen molar-refractivity contribution >= 4 is 50.5 Å². The molecular formula is C14H13BrClNO2S. The molecule has 1 heterocycles. The average molecular weight is 375 g/mol. The Morgan fingerprint density at radius 2 is 2.20 bits per heavy atom. The van der Waals surface area contributed by atoms with Gasteiger partial charge in [0.25, 0.3) is 5.91 Å². The number of ether oxygens (including phenoxy) is 1. The molecular weight excluding hydrogens is 362 g/mol. The van der Waals surface area contributed by atoms with Crippen LogP contribution < -0.4 is 10.1 Å². The number of hydrogen-bond donors (Lipinski definition) is 1. The number of hydrogen-bond acceptors (Lipinski definition) is 3. The number of rotatable bonds is 4. The second-order valence-corrected chi connectivity index (χ2v) is 6.88. The van der Waals surface area contributed by atoms with Gasteiger partial charge < -0.3 is 10.1 Å². The van der Waals surface area contributed by atoms with Crippen LogP contribution in [0.4, 0.5) is 5.69 Å². The van der Waals surface area contributed by atoms with Gasteiger partial charge in [0.2, 0.25) is 0 Å².